The van der Waals surface area contributed by atoms with Crippen LogP contribution in [0.4, 0.5) is 4.79 Å². The molecule has 0 rings (SSSR count). The Hall–Kier alpha value is -0.743. The van der Waals surface area contributed by atoms with E-state index < -0.39 is 39.5 Å². The van der Waals surface area contributed by atoms with Crippen molar-refractivity contribution in [2.45, 2.75) is 195 Å². The summed E-state index contributed by atoms with van der Waals surface area (Å²) in [4.78, 5) is 12.0. The number of carbonyl (C=O) groups excluding carboxylic acids is 1. The van der Waals surface area contributed by atoms with E-state index in [4.69, 9.17) is 27.5 Å². The third kappa shape index (κ3) is 28.5. The molecule has 0 aromatic carbocycles. The number of ether oxygens (including phenoxy) is 2. The molecule has 0 aromatic rings. The molecular formula is C38H78NO8PSi. The van der Waals surface area contributed by atoms with Crippen molar-refractivity contribution in [3.8, 4) is 0 Å². The predicted molar refractivity (Wildman–Crippen MR) is 207 cm³/mol. The van der Waals surface area contributed by atoms with Crippen molar-refractivity contribution in [1.82, 2.24) is 5.32 Å². The van der Waals surface area contributed by atoms with Gasteiger partial charge < -0.3 is 19.2 Å². The lowest BCUT2D eigenvalue weighted by atomic mass is 10.0. The normalized spacial score (nSPS) is 15.0. The Morgan fingerprint density at radius 1 is 0.735 bits per heavy atom. The summed E-state index contributed by atoms with van der Waals surface area (Å²) in [7, 11) is -6.21. The van der Waals surface area contributed by atoms with Crippen LogP contribution in [0.15, 0.2) is 12.2 Å². The molecule has 0 saturated heterocycles. The summed E-state index contributed by atoms with van der Waals surface area (Å²) in [6, 6.07) is 0. The molecule has 1 unspecified atom stereocenters. The Morgan fingerprint density at radius 3 is 1.76 bits per heavy atom. The second-order valence-electron chi connectivity index (χ2n) is 16.7. The predicted octanol–water partition coefficient (Wildman–Crippen LogP) is 11.9. The zero-order valence-electron chi connectivity index (χ0n) is 33.9. The molecule has 0 radical (unpaired) electrons. The monoisotopic (exact) mass is 736 g/mol. The molecule has 49 heavy (non-hydrogen) atoms. The van der Waals surface area contributed by atoms with Crippen LogP contribution in [-0.2, 0) is 32.0 Å². The van der Waals surface area contributed by atoms with Gasteiger partial charge in [-0.15, -0.1) is 0 Å². The fourth-order valence-electron chi connectivity index (χ4n) is 4.67. The van der Waals surface area contributed by atoms with Gasteiger partial charge in [-0.3, -0.25) is 13.6 Å². The zero-order chi connectivity index (χ0) is 37.5. The van der Waals surface area contributed by atoms with Crippen LogP contribution >= 0.6 is 7.82 Å². The second kappa shape index (κ2) is 25.3. The van der Waals surface area contributed by atoms with Crippen molar-refractivity contribution < 1.29 is 36.8 Å². The minimum atomic E-state index is -4.01. The number of phosphoric ester groups is 1. The van der Waals surface area contributed by atoms with Gasteiger partial charge in [0.15, 0.2) is 8.32 Å². The maximum absolute atomic E-state index is 13.7. The molecule has 0 aliphatic carbocycles. The standard InChI is InChI=1S/C38H78NO8PSi/c1-13-14-15-16-17-18-19-20-21-22-23-24-25-26-27-28-30-42-32-34(46-49(11,12)38(8,9)10)33-44-48(41,47-37(5,6)7)43-31-29-39-35(40)45-36(2,3)4/h27-28,34H,13-26,29-33H2,1-12H3,(H,39,40)/b28-27+/t34-,48?/m0/s1. The Morgan fingerprint density at radius 2 is 1.27 bits per heavy atom. The van der Waals surface area contributed by atoms with E-state index in [0.29, 0.717) is 6.61 Å². The van der Waals surface area contributed by atoms with Gasteiger partial charge in [-0.2, -0.15) is 0 Å². The molecule has 2 atom stereocenters. The van der Waals surface area contributed by atoms with Crippen molar-refractivity contribution in [1.29, 1.82) is 0 Å². The van der Waals surface area contributed by atoms with Gasteiger partial charge in [0.25, 0.3) is 0 Å². The molecule has 0 saturated carbocycles. The average molecular weight is 736 g/mol. The third-order valence-electron chi connectivity index (χ3n) is 8.25. The van der Waals surface area contributed by atoms with Gasteiger partial charge in [-0.1, -0.05) is 117 Å². The van der Waals surface area contributed by atoms with Gasteiger partial charge in [0, 0.05) is 6.54 Å². The quantitative estimate of drug-likeness (QED) is 0.0367. The molecule has 0 heterocycles. The summed E-state index contributed by atoms with van der Waals surface area (Å²) in [5, 5.41) is 2.57. The topological polar surface area (TPSA) is 102 Å². The number of phosphoric acid groups is 1. The lowest BCUT2D eigenvalue weighted by molar-refractivity contribution is -0.00233. The fraction of sp³-hybridized carbons (Fsp3) is 0.921. The van der Waals surface area contributed by atoms with Gasteiger partial charge in [0.1, 0.15) is 5.60 Å². The van der Waals surface area contributed by atoms with E-state index in [1.54, 1.807) is 41.5 Å². The van der Waals surface area contributed by atoms with Crippen molar-refractivity contribution in [2.75, 3.05) is 33.0 Å². The van der Waals surface area contributed by atoms with Crippen molar-refractivity contribution >= 4 is 22.2 Å². The molecule has 0 aromatic heterocycles. The first-order valence-electron chi connectivity index (χ1n) is 19.2. The molecule has 1 amide bonds. The number of hydrogen-bond donors (Lipinski definition) is 1. The van der Waals surface area contributed by atoms with Crippen LogP contribution in [-0.4, -0.2) is 64.7 Å². The Labute approximate surface area is 303 Å². The first kappa shape index (κ1) is 48.3. The average Bonchev–Trinajstić information content (AvgIpc) is 2.95. The fourth-order valence-corrected chi connectivity index (χ4v) is 7.50. The highest BCUT2D eigenvalue weighted by molar-refractivity contribution is 7.48. The van der Waals surface area contributed by atoms with E-state index >= 15 is 0 Å². The van der Waals surface area contributed by atoms with Crippen LogP contribution in [0.2, 0.25) is 18.1 Å². The number of amides is 1. The summed E-state index contributed by atoms with van der Waals surface area (Å²) in [6.07, 6.45) is 21.9. The molecule has 11 heteroatoms. The lowest BCUT2D eigenvalue weighted by Crippen LogP contribution is -2.46. The largest absolute Gasteiger partial charge is 0.475 e. The van der Waals surface area contributed by atoms with Crippen molar-refractivity contribution in [3.63, 3.8) is 0 Å². The molecule has 0 aliphatic rings. The maximum Gasteiger partial charge on any atom is 0.475 e. The van der Waals surface area contributed by atoms with Gasteiger partial charge in [0.05, 0.1) is 38.1 Å². The molecule has 292 valence electrons. The Kier molecular flexibility index (Phi) is 24.9. The SMILES string of the molecule is CCCCCCCCCCCCCCC/C=C/COC[C@@H](COP(=O)(OCCNC(=O)OC(C)(C)C)OC(C)(C)C)O[Si](C)(C)C(C)(C)C. The molecule has 9 nitrogen and oxygen atoms in total. The van der Waals surface area contributed by atoms with E-state index in [1.807, 2.05) is 0 Å². The van der Waals surface area contributed by atoms with Crippen LogP contribution in [0, 0.1) is 0 Å². The number of carbonyl (C=O) groups is 1. The van der Waals surface area contributed by atoms with Gasteiger partial charge >= 0.3 is 13.9 Å². The Bertz CT molecular complexity index is 924. The summed E-state index contributed by atoms with van der Waals surface area (Å²) >= 11 is 0. The lowest BCUT2D eigenvalue weighted by Gasteiger charge is -2.39. The van der Waals surface area contributed by atoms with Crippen LogP contribution in [0.3, 0.4) is 0 Å². The van der Waals surface area contributed by atoms with E-state index in [1.165, 1.54) is 83.5 Å². The van der Waals surface area contributed by atoms with Crippen LogP contribution in [0.25, 0.3) is 0 Å². The zero-order valence-corrected chi connectivity index (χ0v) is 35.8. The summed E-state index contributed by atoms with van der Waals surface area (Å²) in [6.45, 7) is 24.5. The minimum Gasteiger partial charge on any atom is -0.444 e. The van der Waals surface area contributed by atoms with Crippen molar-refractivity contribution in [2.24, 2.45) is 0 Å². The molecular weight excluding hydrogens is 657 g/mol. The number of hydrogen-bond acceptors (Lipinski definition) is 8. The Balaban J connectivity index is 4.77. The van der Waals surface area contributed by atoms with E-state index in [9.17, 15) is 9.36 Å². The van der Waals surface area contributed by atoms with Gasteiger partial charge in [-0.25, -0.2) is 9.36 Å². The highest BCUT2D eigenvalue weighted by atomic mass is 31.2. The number of allylic oxidation sites excluding steroid dienone is 1. The molecule has 1 N–H and O–H groups in total. The smallest absolute Gasteiger partial charge is 0.444 e. The highest BCUT2D eigenvalue weighted by Crippen LogP contribution is 2.52. The van der Waals surface area contributed by atoms with E-state index in [-0.39, 0.29) is 31.4 Å². The third-order valence-corrected chi connectivity index (χ3v) is 14.5. The van der Waals surface area contributed by atoms with E-state index in [0.717, 1.165) is 6.42 Å². The van der Waals surface area contributed by atoms with Gasteiger partial charge in [-0.05, 0) is 72.5 Å². The number of alkyl carbamates (subject to hydrolysis) is 1. The number of unbranched alkanes of at least 4 members (excludes halogenated alkanes) is 13. The van der Waals surface area contributed by atoms with E-state index in [2.05, 4.69) is 58.3 Å². The molecule has 0 bridgehead atoms. The summed E-state index contributed by atoms with van der Waals surface area (Å²) < 4.78 is 48.8. The maximum atomic E-state index is 13.7. The molecule has 0 aliphatic heterocycles. The molecule has 0 spiro atoms. The second-order valence-corrected chi connectivity index (χ2v) is 23.1. The van der Waals surface area contributed by atoms with Crippen LogP contribution < -0.4 is 5.32 Å². The van der Waals surface area contributed by atoms with Crippen LogP contribution in [0.1, 0.15) is 159 Å². The summed E-state index contributed by atoms with van der Waals surface area (Å²) in [5.41, 5.74) is -1.42. The summed E-state index contributed by atoms with van der Waals surface area (Å²) in [5.74, 6) is 0. The highest BCUT2D eigenvalue weighted by Gasteiger charge is 2.40. The van der Waals surface area contributed by atoms with Crippen molar-refractivity contribution in [3.05, 3.63) is 12.2 Å². The minimum absolute atomic E-state index is 0.0258. The first-order chi connectivity index (χ1) is 22.7. The number of nitrogens with one attached hydrogen (secondary N) is 1. The van der Waals surface area contributed by atoms with Gasteiger partial charge in [0.2, 0.25) is 0 Å². The first-order valence-corrected chi connectivity index (χ1v) is 23.5. The number of rotatable bonds is 28. The molecule has 0 fully saturated rings. The van der Waals surface area contributed by atoms with Crippen LogP contribution in [0.5, 0.6) is 0 Å².